The number of nitrogen functional groups attached to an aromatic ring is 1. The number of benzene rings is 1. The van der Waals surface area contributed by atoms with E-state index in [0.717, 1.165) is 5.56 Å². The molecule has 1 fully saturated rings. The predicted molar refractivity (Wildman–Crippen MR) is 75.6 cm³/mol. The third-order valence-corrected chi connectivity index (χ3v) is 4.10. The Hall–Kier alpha value is -1.55. The number of hydrogen-bond acceptors (Lipinski definition) is 3. The second kappa shape index (κ2) is 4.85. The summed E-state index contributed by atoms with van der Waals surface area (Å²) in [4.78, 5) is 14.0. The van der Waals surface area contributed by atoms with Crippen LogP contribution in [0, 0.1) is 5.92 Å². The van der Waals surface area contributed by atoms with Crippen LogP contribution in [0.5, 0.6) is 0 Å². The molecule has 0 bridgehead atoms. The molecule has 0 saturated carbocycles. The van der Waals surface area contributed by atoms with Crippen molar-refractivity contribution < 1.29 is 9.90 Å². The summed E-state index contributed by atoms with van der Waals surface area (Å²) in [5.41, 5.74) is 6.61. The van der Waals surface area contributed by atoms with Crippen molar-refractivity contribution in [2.75, 3.05) is 18.8 Å². The lowest BCUT2D eigenvalue weighted by Crippen LogP contribution is -2.66. The zero-order chi connectivity index (χ0) is 14.2. The van der Waals surface area contributed by atoms with Crippen LogP contribution in [0.2, 0.25) is 0 Å². The Labute approximate surface area is 114 Å². The fraction of sp³-hybridized carbons (Fsp3) is 0.533. The van der Waals surface area contributed by atoms with Gasteiger partial charge in [0.15, 0.2) is 0 Å². The minimum absolute atomic E-state index is 0.0518. The number of amides is 1. The van der Waals surface area contributed by atoms with Gasteiger partial charge in [0, 0.05) is 5.69 Å². The molecule has 1 aliphatic heterocycles. The fourth-order valence-corrected chi connectivity index (χ4v) is 2.38. The van der Waals surface area contributed by atoms with E-state index in [4.69, 9.17) is 5.73 Å². The molecule has 1 aromatic carbocycles. The molecule has 1 aliphatic rings. The van der Waals surface area contributed by atoms with Gasteiger partial charge in [-0.1, -0.05) is 26.0 Å². The predicted octanol–water partition coefficient (Wildman–Crippen LogP) is 1.60. The molecule has 2 rings (SSSR count). The van der Waals surface area contributed by atoms with E-state index in [-0.39, 0.29) is 17.7 Å². The Bertz CT molecular complexity index is 479. The SMILES string of the molecule is CC(C(=O)N1CC(O)(C(C)C)C1)c1cccc(N)c1. The zero-order valence-corrected chi connectivity index (χ0v) is 11.8. The van der Waals surface area contributed by atoms with Crippen molar-refractivity contribution in [1.82, 2.24) is 4.90 Å². The van der Waals surface area contributed by atoms with E-state index in [1.54, 1.807) is 4.90 Å². The van der Waals surface area contributed by atoms with Crippen LogP contribution in [0.3, 0.4) is 0 Å². The Morgan fingerprint density at radius 3 is 2.53 bits per heavy atom. The second-order valence-electron chi connectivity index (χ2n) is 5.84. The number of hydrogen-bond donors (Lipinski definition) is 2. The molecule has 1 unspecified atom stereocenters. The molecule has 19 heavy (non-hydrogen) atoms. The molecule has 1 saturated heterocycles. The van der Waals surface area contributed by atoms with Crippen LogP contribution >= 0.6 is 0 Å². The number of carbonyl (C=O) groups excluding carboxylic acids is 1. The zero-order valence-electron chi connectivity index (χ0n) is 11.8. The first kappa shape index (κ1) is 13.9. The lowest BCUT2D eigenvalue weighted by Gasteiger charge is -2.49. The number of rotatable bonds is 3. The molecule has 1 atom stereocenters. The summed E-state index contributed by atoms with van der Waals surface area (Å²) in [5.74, 6) is -0.00429. The molecule has 0 aliphatic carbocycles. The lowest BCUT2D eigenvalue weighted by molar-refractivity contribution is -0.164. The Morgan fingerprint density at radius 2 is 2.00 bits per heavy atom. The van der Waals surface area contributed by atoms with Crippen molar-refractivity contribution in [3.05, 3.63) is 29.8 Å². The highest BCUT2D eigenvalue weighted by atomic mass is 16.3. The first-order valence-electron chi connectivity index (χ1n) is 6.70. The van der Waals surface area contributed by atoms with E-state index in [9.17, 15) is 9.90 Å². The fourth-order valence-electron chi connectivity index (χ4n) is 2.38. The van der Waals surface area contributed by atoms with Crippen molar-refractivity contribution in [1.29, 1.82) is 0 Å². The molecule has 104 valence electrons. The third kappa shape index (κ3) is 2.59. The van der Waals surface area contributed by atoms with Gasteiger partial charge in [0.1, 0.15) is 5.60 Å². The topological polar surface area (TPSA) is 66.6 Å². The third-order valence-electron chi connectivity index (χ3n) is 4.10. The highest BCUT2D eigenvalue weighted by Crippen LogP contribution is 2.31. The Kier molecular flexibility index (Phi) is 3.54. The maximum absolute atomic E-state index is 12.3. The molecule has 0 radical (unpaired) electrons. The van der Waals surface area contributed by atoms with Gasteiger partial charge in [-0.05, 0) is 30.5 Å². The van der Waals surface area contributed by atoms with E-state index in [1.807, 2.05) is 45.0 Å². The van der Waals surface area contributed by atoms with Crippen molar-refractivity contribution in [3.63, 3.8) is 0 Å². The molecule has 1 aromatic rings. The number of likely N-dealkylation sites (tertiary alicyclic amines) is 1. The smallest absolute Gasteiger partial charge is 0.230 e. The summed E-state index contributed by atoms with van der Waals surface area (Å²) in [6.07, 6.45) is 0. The standard InChI is InChI=1S/C15H22N2O2/c1-10(2)15(19)8-17(9-15)14(18)11(3)12-5-4-6-13(16)7-12/h4-7,10-11,19H,8-9,16H2,1-3H3. The molecule has 0 aromatic heterocycles. The summed E-state index contributed by atoms with van der Waals surface area (Å²) < 4.78 is 0. The molecular weight excluding hydrogens is 240 g/mol. The molecule has 0 spiro atoms. The minimum atomic E-state index is -0.717. The monoisotopic (exact) mass is 262 g/mol. The molecule has 1 amide bonds. The first-order valence-corrected chi connectivity index (χ1v) is 6.70. The summed E-state index contributed by atoms with van der Waals surface area (Å²) >= 11 is 0. The van der Waals surface area contributed by atoms with Gasteiger partial charge in [-0.2, -0.15) is 0 Å². The minimum Gasteiger partial charge on any atom is -0.399 e. The van der Waals surface area contributed by atoms with Gasteiger partial charge < -0.3 is 15.7 Å². The van der Waals surface area contributed by atoms with E-state index < -0.39 is 5.60 Å². The van der Waals surface area contributed by atoms with Gasteiger partial charge in [0.25, 0.3) is 0 Å². The number of anilines is 1. The van der Waals surface area contributed by atoms with Crippen LogP contribution in [0.4, 0.5) is 5.69 Å². The molecule has 3 N–H and O–H groups in total. The van der Waals surface area contributed by atoms with E-state index in [0.29, 0.717) is 18.8 Å². The molecule has 4 heteroatoms. The maximum Gasteiger partial charge on any atom is 0.230 e. The lowest BCUT2D eigenvalue weighted by atomic mass is 9.82. The average Bonchev–Trinajstić information content (AvgIpc) is 2.33. The van der Waals surface area contributed by atoms with Crippen molar-refractivity contribution in [2.45, 2.75) is 32.3 Å². The van der Waals surface area contributed by atoms with Crippen LogP contribution < -0.4 is 5.73 Å². The van der Waals surface area contributed by atoms with E-state index in [2.05, 4.69) is 0 Å². The largest absolute Gasteiger partial charge is 0.399 e. The number of β-amino-alcohol motifs (C(OH)–C–C–N with tert-alkyl or cyclic N) is 1. The number of nitrogens with zero attached hydrogens (tertiary/aromatic N) is 1. The number of nitrogens with two attached hydrogens (primary N) is 1. The summed E-state index contributed by atoms with van der Waals surface area (Å²) in [6, 6.07) is 7.40. The van der Waals surface area contributed by atoms with Crippen molar-refractivity contribution in [3.8, 4) is 0 Å². The van der Waals surface area contributed by atoms with E-state index >= 15 is 0 Å². The molecular formula is C15H22N2O2. The van der Waals surface area contributed by atoms with Crippen molar-refractivity contribution >= 4 is 11.6 Å². The van der Waals surface area contributed by atoms with Gasteiger partial charge in [0.2, 0.25) is 5.91 Å². The van der Waals surface area contributed by atoms with Gasteiger partial charge in [-0.3, -0.25) is 4.79 Å². The quantitative estimate of drug-likeness (QED) is 0.813. The van der Waals surface area contributed by atoms with Crippen molar-refractivity contribution in [2.24, 2.45) is 5.92 Å². The summed E-state index contributed by atoms with van der Waals surface area (Å²) in [6.45, 7) is 6.68. The number of carbonyl (C=O) groups is 1. The van der Waals surface area contributed by atoms with Crippen LogP contribution in [-0.4, -0.2) is 34.6 Å². The number of aliphatic hydroxyl groups is 1. The highest BCUT2D eigenvalue weighted by Gasteiger charge is 2.46. The molecule has 4 nitrogen and oxygen atoms in total. The van der Waals surface area contributed by atoms with Gasteiger partial charge in [0.05, 0.1) is 19.0 Å². The Morgan fingerprint density at radius 1 is 1.37 bits per heavy atom. The van der Waals surface area contributed by atoms with Gasteiger partial charge in [-0.15, -0.1) is 0 Å². The van der Waals surface area contributed by atoms with Crippen LogP contribution in [0.15, 0.2) is 24.3 Å². The highest BCUT2D eigenvalue weighted by molar-refractivity contribution is 5.84. The van der Waals surface area contributed by atoms with Crippen LogP contribution in [0.1, 0.15) is 32.3 Å². The summed E-state index contributed by atoms with van der Waals surface area (Å²) in [5, 5.41) is 10.2. The van der Waals surface area contributed by atoms with Crippen LogP contribution in [-0.2, 0) is 4.79 Å². The van der Waals surface area contributed by atoms with Crippen LogP contribution in [0.25, 0.3) is 0 Å². The molecule has 1 heterocycles. The summed E-state index contributed by atoms with van der Waals surface area (Å²) in [7, 11) is 0. The average molecular weight is 262 g/mol. The first-order chi connectivity index (χ1) is 8.83. The van der Waals surface area contributed by atoms with Gasteiger partial charge >= 0.3 is 0 Å². The maximum atomic E-state index is 12.3. The Balaban J connectivity index is 2.02. The second-order valence-corrected chi connectivity index (χ2v) is 5.84. The van der Waals surface area contributed by atoms with E-state index in [1.165, 1.54) is 0 Å². The normalized spacial score (nSPS) is 19.1. The van der Waals surface area contributed by atoms with Gasteiger partial charge in [-0.25, -0.2) is 0 Å².